The van der Waals surface area contributed by atoms with E-state index in [1.807, 2.05) is 18.4 Å². The highest BCUT2D eigenvalue weighted by Gasteiger charge is 2.27. The van der Waals surface area contributed by atoms with Crippen LogP contribution in [0.3, 0.4) is 0 Å². The first-order valence-corrected chi connectivity index (χ1v) is 6.79. The molecule has 2 heterocycles. The molecular weight excluding hydrogens is 268 g/mol. The minimum Gasteiger partial charge on any atom is -0.394 e. The van der Waals surface area contributed by atoms with Crippen molar-refractivity contribution in [3.05, 3.63) is 23.0 Å². The smallest absolute Gasteiger partial charge is 0.270 e. The zero-order valence-electron chi connectivity index (χ0n) is 11.2. The highest BCUT2D eigenvalue weighted by Crippen LogP contribution is 2.21. The summed E-state index contributed by atoms with van der Waals surface area (Å²) in [5.41, 5.74) is 0.582. The van der Waals surface area contributed by atoms with Crippen molar-refractivity contribution in [2.75, 3.05) is 26.3 Å². The third kappa shape index (κ3) is 3.11. The molecule has 1 atom stereocenters. The van der Waals surface area contributed by atoms with E-state index in [4.69, 9.17) is 21.4 Å². The van der Waals surface area contributed by atoms with Crippen LogP contribution in [0.1, 0.15) is 30.4 Å². The summed E-state index contributed by atoms with van der Waals surface area (Å²) in [6, 6.07) is 1.86. The Kier molecular flexibility index (Phi) is 4.50. The van der Waals surface area contributed by atoms with Crippen molar-refractivity contribution in [1.29, 1.82) is 0 Å². The molecule has 19 heavy (non-hydrogen) atoms. The number of halogens is 1. The van der Waals surface area contributed by atoms with Crippen molar-refractivity contribution >= 4 is 17.5 Å². The molecule has 0 aromatic carbocycles. The van der Waals surface area contributed by atoms with Crippen molar-refractivity contribution in [3.63, 3.8) is 0 Å². The van der Waals surface area contributed by atoms with E-state index in [1.165, 1.54) is 0 Å². The number of ether oxygens (including phenoxy) is 1. The molecule has 0 radical (unpaired) electrons. The van der Waals surface area contributed by atoms with Gasteiger partial charge < -0.3 is 19.3 Å². The van der Waals surface area contributed by atoms with Crippen LogP contribution in [-0.4, -0.2) is 52.9 Å². The van der Waals surface area contributed by atoms with Crippen LogP contribution in [0.25, 0.3) is 0 Å². The minimum atomic E-state index is -0.296. The summed E-state index contributed by atoms with van der Waals surface area (Å²) in [7, 11) is 0. The fraction of sp³-hybridized carbons (Fsp3) is 0.615. The van der Waals surface area contributed by atoms with E-state index in [-0.39, 0.29) is 24.7 Å². The molecule has 1 aliphatic heterocycles. The zero-order chi connectivity index (χ0) is 14.0. The fourth-order valence-electron chi connectivity index (χ4n) is 2.22. The Morgan fingerprint density at radius 2 is 2.37 bits per heavy atom. The normalized spacial score (nSPS) is 20.1. The lowest BCUT2D eigenvalue weighted by Gasteiger charge is -2.32. The van der Waals surface area contributed by atoms with Gasteiger partial charge in [-0.3, -0.25) is 4.79 Å². The predicted molar refractivity (Wildman–Crippen MR) is 72.6 cm³/mol. The summed E-state index contributed by atoms with van der Waals surface area (Å²) >= 11 is 5.99. The second kappa shape index (κ2) is 5.94. The molecule has 106 valence electrons. The van der Waals surface area contributed by atoms with E-state index in [9.17, 15) is 4.79 Å². The first kappa shape index (κ1) is 14.4. The maximum absolute atomic E-state index is 12.5. The van der Waals surface area contributed by atoms with Gasteiger partial charge in [0, 0.05) is 25.3 Å². The van der Waals surface area contributed by atoms with Gasteiger partial charge in [-0.05, 0) is 19.9 Å². The summed E-state index contributed by atoms with van der Waals surface area (Å²) in [4.78, 5) is 14.2. The van der Waals surface area contributed by atoms with Crippen molar-refractivity contribution in [3.8, 4) is 0 Å². The van der Waals surface area contributed by atoms with Gasteiger partial charge in [-0.15, -0.1) is 0 Å². The largest absolute Gasteiger partial charge is 0.394 e. The van der Waals surface area contributed by atoms with Crippen molar-refractivity contribution < 1.29 is 14.6 Å². The van der Waals surface area contributed by atoms with Gasteiger partial charge in [0.15, 0.2) is 0 Å². The number of carbonyl (C=O) groups is 1. The van der Waals surface area contributed by atoms with Gasteiger partial charge in [0.05, 0.1) is 24.3 Å². The summed E-state index contributed by atoms with van der Waals surface area (Å²) in [6.45, 7) is 5.33. The molecule has 1 aromatic rings. The predicted octanol–water partition coefficient (Wildman–Crippen LogP) is 1.56. The maximum atomic E-state index is 12.5. The first-order chi connectivity index (χ1) is 9.02. The van der Waals surface area contributed by atoms with Crippen LogP contribution in [0, 0.1) is 0 Å². The number of aliphatic hydroxyl groups excluding tert-OH is 1. The van der Waals surface area contributed by atoms with Gasteiger partial charge in [-0.2, -0.15) is 0 Å². The third-order valence-electron chi connectivity index (χ3n) is 3.22. The molecule has 1 aliphatic rings. The van der Waals surface area contributed by atoms with Crippen LogP contribution >= 0.6 is 11.6 Å². The first-order valence-electron chi connectivity index (χ1n) is 6.42. The lowest BCUT2D eigenvalue weighted by molar-refractivity contribution is -0.0449. The molecule has 5 nitrogen and oxygen atoms in total. The second-order valence-corrected chi connectivity index (χ2v) is 5.41. The molecule has 0 bridgehead atoms. The van der Waals surface area contributed by atoms with E-state index < -0.39 is 0 Å². The number of aromatic nitrogens is 1. The highest BCUT2D eigenvalue weighted by molar-refractivity contribution is 6.31. The molecule has 1 unspecified atom stereocenters. The highest BCUT2D eigenvalue weighted by atomic mass is 35.5. The number of morpholine rings is 1. The Bertz CT molecular complexity index is 459. The third-order valence-corrected chi connectivity index (χ3v) is 3.43. The Labute approximate surface area is 117 Å². The summed E-state index contributed by atoms with van der Waals surface area (Å²) < 4.78 is 7.22. The maximum Gasteiger partial charge on any atom is 0.270 e. The minimum absolute atomic E-state index is 0.0673. The lowest BCUT2D eigenvalue weighted by atomic mass is 10.2. The van der Waals surface area contributed by atoms with Crippen molar-refractivity contribution in [2.24, 2.45) is 0 Å². The summed E-state index contributed by atoms with van der Waals surface area (Å²) in [6.07, 6.45) is 1.47. The second-order valence-electron chi connectivity index (χ2n) is 4.97. The quantitative estimate of drug-likeness (QED) is 0.917. The van der Waals surface area contributed by atoms with Crippen LogP contribution in [0.4, 0.5) is 0 Å². The molecular formula is C13H19ClN2O3. The van der Waals surface area contributed by atoms with Crippen LogP contribution in [0.15, 0.2) is 12.3 Å². The molecule has 1 amide bonds. The van der Waals surface area contributed by atoms with Crippen LogP contribution in [0.5, 0.6) is 0 Å². The Morgan fingerprint density at radius 3 is 3.00 bits per heavy atom. The Morgan fingerprint density at radius 1 is 1.63 bits per heavy atom. The average molecular weight is 287 g/mol. The number of amides is 1. The number of hydrogen-bond acceptors (Lipinski definition) is 3. The number of aliphatic hydroxyl groups is 1. The number of carbonyl (C=O) groups excluding carboxylic acids is 1. The van der Waals surface area contributed by atoms with Gasteiger partial charge in [-0.25, -0.2) is 0 Å². The van der Waals surface area contributed by atoms with E-state index >= 15 is 0 Å². The molecule has 1 saturated heterocycles. The Hall–Kier alpha value is -1.04. The van der Waals surface area contributed by atoms with E-state index in [0.717, 1.165) is 0 Å². The van der Waals surface area contributed by atoms with E-state index in [0.29, 0.717) is 30.4 Å². The van der Waals surface area contributed by atoms with Gasteiger partial charge >= 0.3 is 0 Å². The molecule has 2 rings (SSSR count). The summed E-state index contributed by atoms with van der Waals surface area (Å²) in [5, 5.41) is 9.68. The van der Waals surface area contributed by atoms with Gasteiger partial charge in [0.1, 0.15) is 5.69 Å². The topological polar surface area (TPSA) is 54.7 Å². The Balaban J connectivity index is 2.19. The van der Waals surface area contributed by atoms with E-state index in [1.54, 1.807) is 17.2 Å². The van der Waals surface area contributed by atoms with Crippen LogP contribution in [-0.2, 0) is 4.74 Å². The summed E-state index contributed by atoms with van der Waals surface area (Å²) in [5.74, 6) is -0.0673. The van der Waals surface area contributed by atoms with Crippen LogP contribution < -0.4 is 0 Å². The zero-order valence-corrected chi connectivity index (χ0v) is 11.9. The van der Waals surface area contributed by atoms with Crippen LogP contribution in [0.2, 0.25) is 5.02 Å². The molecule has 1 fully saturated rings. The number of hydrogen-bond donors (Lipinski definition) is 1. The van der Waals surface area contributed by atoms with Gasteiger partial charge in [-0.1, -0.05) is 11.6 Å². The molecule has 0 saturated carbocycles. The lowest BCUT2D eigenvalue weighted by Crippen LogP contribution is -2.47. The molecule has 0 aliphatic carbocycles. The van der Waals surface area contributed by atoms with Crippen molar-refractivity contribution in [2.45, 2.75) is 26.0 Å². The monoisotopic (exact) mass is 286 g/mol. The fourth-order valence-corrected chi connectivity index (χ4v) is 2.43. The molecule has 0 spiro atoms. The van der Waals surface area contributed by atoms with Gasteiger partial charge in [0.2, 0.25) is 0 Å². The van der Waals surface area contributed by atoms with E-state index in [2.05, 4.69) is 0 Å². The number of nitrogens with zero attached hydrogens (tertiary/aromatic N) is 2. The molecule has 1 aromatic heterocycles. The average Bonchev–Trinajstić information content (AvgIpc) is 2.80. The SMILES string of the molecule is CC(C)n1cc(Cl)cc1C(=O)N1CCOC(CO)C1. The molecule has 6 heteroatoms. The van der Waals surface area contributed by atoms with Gasteiger partial charge in [0.25, 0.3) is 5.91 Å². The molecule has 1 N–H and O–H groups in total. The standard InChI is InChI=1S/C13H19ClN2O3/c1-9(2)16-6-10(14)5-12(16)13(18)15-3-4-19-11(7-15)8-17/h5-6,9,11,17H,3-4,7-8H2,1-2H3. The number of rotatable bonds is 3. The van der Waals surface area contributed by atoms with Crippen molar-refractivity contribution in [1.82, 2.24) is 9.47 Å².